The Morgan fingerprint density at radius 1 is 1.12 bits per heavy atom. The third kappa shape index (κ3) is 4.29. The number of halogens is 1. The van der Waals surface area contributed by atoms with Gasteiger partial charge in [-0.15, -0.1) is 0 Å². The zero-order valence-electron chi connectivity index (χ0n) is 14.4. The van der Waals surface area contributed by atoms with Gasteiger partial charge in [0, 0.05) is 13.0 Å². The van der Waals surface area contributed by atoms with Crippen molar-refractivity contribution in [2.24, 2.45) is 5.92 Å². The molecule has 0 aromatic heterocycles. The van der Waals surface area contributed by atoms with E-state index < -0.39 is 0 Å². The summed E-state index contributed by atoms with van der Waals surface area (Å²) in [5, 5.41) is 0. The van der Waals surface area contributed by atoms with E-state index in [9.17, 15) is 9.18 Å². The number of nitrogens with zero attached hydrogens (tertiary/aromatic N) is 1. The predicted octanol–water partition coefficient (Wildman–Crippen LogP) is 3.48. The largest absolute Gasteiger partial charge is 0.497 e. The van der Waals surface area contributed by atoms with Crippen LogP contribution in [0.2, 0.25) is 0 Å². The number of carbonyl (C=O) groups excluding carboxylic acids is 1. The fraction of sp³-hybridized carbons (Fsp3) is 0.350. The van der Waals surface area contributed by atoms with Crippen LogP contribution in [0.25, 0.3) is 0 Å². The van der Waals surface area contributed by atoms with Gasteiger partial charge in [0.05, 0.1) is 13.7 Å². The number of hydrogen-bond donors (Lipinski definition) is 0. The van der Waals surface area contributed by atoms with Gasteiger partial charge in [-0.25, -0.2) is 4.39 Å². The Balaban J connectivity index is 1.44. The minimum absolute atomic E-state index is 0.00329. The van der Waals surface area contributed by atoms with E-state index in [-0.39, 0.29) is 23.6 Å². The number of hydrogen-bond acceptors (Lipinski definition) is 3. The second kappa shape index (κ2) is 7.55. The second-order valence-electron chi connectivity index (χ2n) is 6.28. The average molecular weight is 343 g/mol. The summed E-state index contributed by atoms with van der Waals surface area (Å²) in [5.74, 6) is 1.60. The Kier molecular flexibility index (Phi) is 5.22. The van der Waals surface area contributed by atoms with Crippen molar-refractivity contribution in [2.75, 3.05) is 27.3 Å². The molecule has 0 saturated heterocycles. The highest BCUT2D eigenvalue weighted by Gasteiger charge is 2.45. The second-order valence-corrected chi connectivity index (χ2v) is 6.28. The molecule has 2 aromatic rings. The van der Waals surface area contributed by atoms with Crippen molar-refractivity contribution in [2.45, 2.75) is 12.3 Å². The van der Waals surface area contributed by atoms with E-state index in [4.69, 9.17) is 9.47 Å². The van der Waals surface area contributed by atoms with E-state index in [1.807, 2.05) is 24.3 Å². The summed E-state index contributed by atoms with van der Waals surface area (Å²) in [6.07, 6.45) is 0.828. The van der Waals surface area contributed by atoms with Gasteiger partial charge in [-0.1, -0.05) is 12.1 Å². The molecule has 0 bridgehead atoms. The van der Waals surface area contributed by atoms with Crippen molar-refractivity contribution in [3.8, 4) is 11.5 Å². The molecule has 2 atom stereocenters. The maximum Gasteiger partial charge on any atom is 0.226 e. The predicted molar refractivity (Wildman–Crippen MR) is 93.4 cm³/mol. The first-order valence-electron chi connectivity index (χ1n) is 8.36. The lowest BCUT2D eigenvalue weighted by Gasteiger charge is -2.17. The SMILES string of the molecule is COc1ccc(OCCN(C)C(=O)C2CC2c2ccc(F)cc2)cc1. The van der Waals surface area contributed by atoms with Crippen LogP contribution in [0, 0.1) is 11.7 Å². The lowest BCUT2D eigenvalue weighted by molar-refractivity contribution is -0.131. The molecule has 3 rings (SSSR count). The molecule has 4 nitrogen and oxygen atoms in total. The molecular formula is C20H22FNO3. The first-order chi connectivity index (χ1) is 12.1. The topological polar surface area (TPSA) is 38.8 Å². The first kappa shape index (κ1) is 17.3. The number of benzene rings is 2. The smallest absolute Gasteiger partial charge is 0.226 e. The van der Waals surface area contributed by atoms with E-state index in [0.717, 1.165) is 23.5 Å². The monoisotopic (exact) mass is 343 g/mol. The minimum atomic E-state index is -0.250. The summed E-state index contributed by atoms with van der Waals surface area (Å²) >= 11 is 0. The van der Waals surface area contributed by atoms with Crippen molar-refractivity contribution in [3.63, 3.8) is 0 Å². The normalized spacial score (nSPS) is 18.5. The molecule has 1 saturated carbocycles. The number of carbonyl (C=O) groups is 1. The molecule has 1 aliphatic carbocycles. The van der Waals surface area contributed by atoms with Crippen LogP contribution in [-0.2, 0) is 4.79 Å². The van der Waals surface area contributed by atoms with Crippen LogP contribution in [0.15, 0.2) is 48.5 Å². The van der Waals surface area contributed by atoms with E-state index in [1.165, 1.54) is 12.1 Å². The highest BCUT2D eigenvalue weighted by molar-refractivity contribution is 5.82. The number of ether oxygens (including phenoxy) is 2. The maximum atomic E-state index is 13.0. The molecule has 0 spiro atoms. The lowest BCUT2D eigenvalue weighted by atomic mass is 10.1. The Morgan fingerprint density at radius 3 is 2.40 bits per heavy atom. The zero-order chi connectivity index (χ0) is 17.8. The fourth-order valence-electron chi connectivity index (χ4n) is 2.91. The van der Waals surface area contributed by atoms with Crippen LogP contribution in [0.1, 0.15) is 17.9 Å². The van der Waals surface area contributed by atoms with E-state index in [2.05, 4.69) is 0 Å². The van der Waals surface area contributed by atoms with Crippen molar-refractivity contribution < 1.29 is 18.7 Å². The summed E-state index contributed by atoms with van der Waals surface area (Å²) in [6.45, 7) is 0.958. The third-order valence-electron chi connectivity index (χ3n) is 4.54. The van der Waals surface area contributed by atoms with Gasteiger partial charge in [0.25, 0.3) is 0 Å². The molecule has 1 aliphatic rings. The molecule has 1 amide bonds. The summed E-state index contributed by atoms with van der Waals surface area (Å²) in [5.41, 5.74) is 1.03. The zero-order valence-corrected chi connectivity index (χ0v) is 14.4. The van der Waals surface area contributed by atoms with Crippen molar-refractivity contribution in [3.05, 3.63) is 59.9 Å². The molecule has 2 aromatic carbocycles. The van der Waals surface area contributed by atoms with Crippen LogP contribution < -0.4 is 9.47 Å². The Morgan fingerprint density at radius 2 is 1.76 bits per heavy atom. The third-order valence-corrected chi connectivity index (χ3v) is 4.54. The molecule has 0 N–H and O–H groups in total. The van der Waals surface area contributed by atoms with E-state index in [0.29, 0.717) is 13.2 Å². The van der Waals surface area contributed by atoms with Crippen LogP contribution >= 0.6 is 0 Å². The summed E-state index contributed by atoms with van der Waals surface area (Å²) in [7, 11) is 3.41. The Hall–Kier alpha value is -2.56. The molecule has 2 unspecified atom stereocenters. The lowest BCUT2D eigenvalue weighted by Crippen LogP contribution is -2.32. The number of amides is 1. The van der Waals surface area contributed by atoms with E-state index in [1.54, 1.807) is 31.2 Å². The molecule has 0 aliphatic heterocycles. The molecular weight excluding hydrogens is 321 g/mol. The molecule has 25 heavy (non-hydrogen) atoms. The highest BCUT2D eigenvalue weighted by Crippen LogP contribution is 2.48. The van der Waals surface area contributed by atoms with Crippen LogP contribution in [0.5, 0.6) is 11.5 Å². The van der Waals surface area contributed by atoms with Crippen molar-refractivity contribution >= 4 is 5.91 Å². The Bertz CT molecular complexity index is 715. The quantitative estimate of drug-likeness (QED) is 0.773. The molecule has 132 valence electrons. The van der Waals surface area contributed by atoms with Gasteiger partial charge in [-0.05, 0) is 54.3 Å². The molecule has 0 heterocycles. The summed E-state index contributed by atoms with van der Waals surface area (Å²) in [6, 6.07) is 13.8. The molecule has 0 radical (unpaired) electrons. The van der Waals surface area contributed by atoms with Gasteiger partial charge in [-0.2, -0.15) is 0 Å². The van der Waals surface area contributed by atoms with Crippen LogP contribution in [0.3, 0.4) is 0 Å². The highest BCUT2D eigenvalue weighted by atomic mass is 19.1. The summed E-state index contributed by atoms with van der Waals surface area (Å²) in [4.78, 5) is 14.2. The first-order valence-corrected chi connectivity index (χ1v) is 8.36. The standard InChI is InChI=1S/C20H22FNO3/c1-22(11-12-25-17-9-7-16(24-2)8-10-17)20(23)19-13-18(19)14-3-5-15(21)6-4-14/h3-10,18-19H,11-13H2,1-2H3. The van der Waals surface area contributed by atoms with Crippen LogP contribution in [0.4, 0.5) is 4.39 Å². The van der Waals surface area contributed by atoms with Gasteiger partial charge in [0.1, 0.15) is 23.9 Å². The number of methoxy groups -OCH3 is 1. The molecule has 1 fully saturated rings. The van der Waals surface area contributed by atoms with Gasteiger partial charge in [0.2, 0.25) is 5.91 Å². The average Bonchev–Trinajstić information content (AvgIpc) is 3.43. The van der Waals surface area contributed by atoms with Gasteiger partial charge in [0.15, 0.2) is 0 Å². The number of rotatable bonds is 7. The van der Waals surface area contributed by atoms with Crippen molar-refractivity contribution in [1.29, 1.82) is 0 Å². The maximum absolute atomic E-state index is 13.0. The van der Waals surface area contributed by atoms with Gasteiger partial charge < -0.3 is 14.4 Å². The van der Waals surface area contributed by atoms with Crippen molar-refractivity contribution in [1.82, 2.24) is 4.90 Å². The van der Waals surface area contributed by atoms with Crippen LogP contribution in [-0.4, -0.2) is 38.1 Å². The van der Waals surface area contributed by atoms with Gasteiger partial charge >= 0.3 is 0 Å². The minimum Gasteiger partial charge on any atom is -0.497 e. The van der Waals surface area contributed by atoms with Gasteiger partial charge in [-0.3, -0.25) is 4.79 Å². The van der Waals surface area contributed by atoms with E-state index >= 15 is 0 Å². The summed E-state index contributed by atoms with van der Waals surface area (Å²) < 4.78 is 23.7. The fourth-order valence-corrected chi connectivity index (χ4v) is 2.91. The molecule has 5 heteroatoms. The number of likely N-dealkylation sites (N-methyl/N-ethyl adjacent to an activating group) is 1. The Labute approximate surface area is 147 Å².